The Morgan fingerprint density at radius 1 is 1.46 bits per heavy atom. The summed E-state index contributed by atoms with van der Waals surface area (Å²) in [5, 5.41) is 7.91. The predicted octanol–water partition coefficient (Wildman–Crippen LogP) is 0.658. The summed E-state index contributed by atoms with van der Waals surface area (Å²) in [4.78, 5) is 4.04. The highest BCUT2D eigenvalue weighted by molar-refractivity contribution is 7.99. The highest BCUT2D eigenvalue weighted by Crippen LogP contribution is 2.26. The first-order valence-electron chi connectivity index (χ1n) is 4.27. The first-order chi connectivity index (χ1) is 6.34. The number of H-pyrrole nitrogens is 1. The minimum absolute atomic E-state index is 0.384. The lowest BCUT2D eigenvalue weighted by Crippen LogP contribution is -2.17. The minimum atomic E-state index is 0.384. The van der Waals surface area contributed by atoms with E-state index in [1.54, 1.807) is 11.8 Å². The van der Waals surface area contributed by atoms with Crippen molar-refractivity contribution in [3.63, 3.8) is 0 Å². The van der Waals surface area contributed by atoms with Gasteiger partial charge in [0.15, 0.2) is 0 Å². The average Bonchev–Trinajstić information content (AvgIpc) is 2.53. The lowest BCUT2D eigenvalue weighted by atomic mass is 10.2. The molecule has 0 aromatic carbocycles. The number of nitrogens with two attached hydrogens (primary N) is 1. The molecule has 0 spiro atoms. The van der Waals surface area contributed by atoms with Crippen molar-refractivity contribution in [1.29, 1.82) is 0 Å². The van der Waals surface area contributed by atoms with E-state index in [1.807, 2.05) is 0 Å². The third-order valence-corrected chi connectivity index (χ3v) is 3.12. The number of nitrogens with zero attached hydrogens (tertiary/aromatic N) is 2. The van der Waals surface area contributed by atoms with Crippen molar-refractivity contribution in [2.45, 2.75) is 23.2 Å². The normalized spacial score (nSPS) is 19.1. The fourth-order valence-corrected chi connectivity index (χ4v) is 2.23. The van der Waals surface area contributed by atoms with Crippen molar-refractivity contribution in [3.05, 3.63) is 0 Å². The maximum Gasteiger partial charge on any atom is 0.216 e. The number of aromatic amines is 1. The van der Waals surface area contributed by atoms with Crippen LogP contribution in [-0.4, -0.2) is 33.6 Å². The molecule has 1 aliphatic heterocycles. The van der Waals surface area contributed by atoms with Crippen molar-refractivity contribution in [2.75, 3.05) is 18.9 Å². The van der Waals surface area contributed by atoms with Gasteiger partial charge in [-0.15, -0.1) is 5.10 Å². The molecule has 0 aliphatic carbocycles. The molecule has 0 atom stereocenters. The number of hydrogen-bond acceptors (Lipinski definition) is 5. The molecule has 1 saturated heterocycles. The molecule has 1 aliphatic rings. The van der Waals surface area contributed by atoms with E-state index in [2.05, 4.69) is 15.2 Å². The van der Waals surface area contributed by atoms with E-state index in [0.29, 0.717) is 11.2 Å². The summed E-state index contributed by atoms with van der Waals surface area (Å²) < 4.78 is 5.26. The SMILES string of the molecule is Nc1nc(SC2CCOCC2)n[nH]1. The smallest absolute Gasteiger partial charge is 0.216 e. The average molecular weight is 200 g/mol. The number of rotatable bonds is 2. The van der Waals surface area contributed by atoms with E-state index < -0.39 is 0 Å². The minimum Gasteiger partial charge on any atom is -0.381 e. The van der Waals surface area contributed by atoms with Crippen LogP contribution in [0.3, 0.4) is 0 Å². The maximum absolute atomic E-state index is 5.42. The molecule has 13 heavy (non-hydrogen) atoms. The highest BCUT2D eigenvalue weighted by Gasteiger charge is 2.16. The summed E-state index contributed by atoms with van der Waals surface area (Å²) in [6, 6.07) is 0. The zero-order valence-electron chi connectivity index (χ0n) is 7.19. The molecule has 0 amide bonds. The molecule has 0 unspecified atom stereocenters. The summed E-state index contributed by atoms with van der Waals surface area (Å²) in [6.07, 6.45) is 2.14. The molecule has 3 N–H and O–H groups in total. The van der Waals surface area contributed by atoms with Crippen LogP contribution in [0.4, 0.5) is 5.95 Å². The Hall–Kier alpha value is -0.750. The van der Waals surface area contributed by atoms with E-state index in [0.717, 1.165) is 31.2 Å². The molecule has 1 aromatic heterocycles. The monoisotopic (exact) mass is 200 g/mol. The topological polar surface area (TPSA) is 76.8 Å². The van der Waals surface area contributed by atoms with Gasteiger partial charge >= 0.3 is 0 Å². The molecule has 0 radical (unpaired) electrons. The van der Waals surface area contributed by atoms with Crippen LogP contribution in [0.15, 0.2) is 5.16 Å². The van der Waals surface area contributed by atoms with Crippen LogP contribution < -0.4 is 5.73 Å². The van der Waals surface area contributed by atoms with Crippen molar-refractivity contribution in [2.24, 2.45) is 0 Å². The Bertz CT molecular complexity index is 271. The lowest BCUT2D eigenvalue weighted by molar-refractivity contribution is 0.1000. The summed E-state index contributed by atoms with van der Waals surface area (Å²) >= 11 is 1.67. The standard InChI is InChI=1S/C7H12N4OS/c8-6-9-7(11-10-6)13-5-1-3-12-4-2-5/h5H,1-4H2,(H3,8,9,10,11). The summed E-state index contributed by atoms with van der Waals surface area (Å²) in [7, 11) is 0. The van der Waals surface area contributed by atoms with Gasteiger partial charge in [0.25, 0.3) is 0 Å². The Balaban J connectivity index is 1.89. The third-order valence-electron chi connectivity index (χ3n) is 1.92. The van der Waals surface area contributed by atoms with E-state index in [1.165, 1.54) is 0 Å². The molecular formula is C7H12N4OS. The van der Waals surface area contributed by atoms with Crippen LogP contribution in [0.1, 0.15) is 12.8 Å². The van der Waals surface area contributed by atoms with Crippen molar-refractivity contribution < 1.29 is 4.74 Å². The van der Waals surface area contributed by atoms with Crippen LogP contribution in [0.25, 0.3) is 0 Å². The number of ether oxygens (including phenoxy) is 1. The second-order valence-electron chi connectivity index (χ2n) is 2.93. The van der Waals surface area contributed by atoms with Crippen molar-refractivity contribution in [1.82, 2.24) is 15.2 Å². The van der Waals surface area contributed by atoms with Gasteiger partial charge in [-0.25, -0.2) is 5.10 Å². The predicted molar refractivity (Wildman–Crippen MR) is 50.5 cm³/mol. The number of nitrogen functional groups attached to an aromatic ring is 1. The number of nitrogens with one attached hydrogen (secondary N) is 1. The molecule has 0 saturated carbocycles. The maximum atomic E-state index is 5.42. The second kappa shape index (κ2) is 3.97. The van der Waals surface area contributed by atoms with Crippen LogP contribution >= 0.6 is 11.8 Å². The van der Waals surface area contributed by atoms with Crippen LogP contribution in [-0.2, 0) is 4.74 Å². The molecule has 6 heteroatoms. The summed E-state index contributed by atoms with van der Waals surface area (Å²) in [5.41, 5.74) is 5.42. The Kier molecular flexibility index (Phi) is 2.70. The van der Waals surface area contributed by atoms with Crippen molar-refractivity contribution in [3.8, 4) is 0 Å². The molecule has 1 fully saturated rings. The van der Waals surface area contributed by atoms with E-state index in [-0.39, 0.29) is 0 Å². The molecule has 0 bridgehead atoms. The van der Waals surface area contributed by atoms with Crippen LogP contribution in [0.5, 0.6) is 0 Å². The fraction of sp³-hybridized carbons (Fsp3) is 0.714. The zero-order chi connectivity index (χ0) is 9.10. The van der Waals surface area contributed by atoms with Gasteiger partial charge < -0.3 is 10.5 Å². The lowest BCUT2D eigenvalue weighted by Gasteiger charge is -2.19. The largest absolute Gasteiger partial charge is 0.381 e. The van der Waals surface area contributed by atoms with Gasteiger partial charge in [-0.3, -0.25) is 0 Å². The molecule has 2 rings (SSSR count). The molecule has 5 nitrogen and oxygen atoms in total. The Morgan fingerprint density at radius 3 is 2.85 bits per heavy atom. The van der Waals surface area contributed by atoms with Gasteiger partial charge in [-0.05, 0) is 12.8 Å². The number of thioether (sulfide) groups is 1. The third kappa shape index (κ3) is 2.35. The zero-order valence-corrected chi connectivity index (χ0v) is 8.01. The molecule has 2 heterocycles. The van der Waals surface area contributed by atoms with Gasteiger partial charge in [0.2, 0.25) is 11.1 Å². The van der Waals surface area contributed by atoms with Gasteiger partial charge in [-0.2, -0.15) is 4.98 Å². The van der Waals surface area contributed by atoms with Crippen LogP contribution in [0, 0.1) is 0 Å². The van der Waals surface area contributed by atoms with E-state index in [9.17, 15) is 0 Å². The fourth-order valence-electron chi connectivity index (χ4n) is 1.25. The summed E-state index contributed by atoms with van der Waals surface area (Å²) in [6.45, 7) is 1.69. The number of anilines is 1. The van der Waals surface area contributed by atoms with Crippen LogP contribution in [0.2, 0.25) is 0 Å². The van der Waals surface area contributed by atoms with Gasteiger partial charge in [0.1, 0.15) is 0 Å². The molecule has 1 aromatic rings. The van der Waals surface area contributed by atoms with E-state index >= 15 is 0 Å². The molecule has 72 valence electrons. The number of aromatic nitrogens is 3. The number of hydrogen-bond donors (Lipinski definition) is 2. The van der Waals surface area contributed by atoms with E-state index in [4.69, 9.17) is 10.5 Å². The molecular weight excluding hydrogens is 188 g/mol. The van der Waals surface area contributed by atoms with Gasteiger partial charge in [0, 0.05) is 18.5 Å². The quantitative estimate of drug-likeness (QED) is 0.733. The highest BCUT2D eigenvalue weighted by atomic mass is 32.2. The summed E-state index contributed by atoms with van der Waals surface area (Å²) in [5.74, 6) is 0.384. The van der Waals surface area contributed by atoms with Gasteiger partial charge in [0.05, 0.1) is 0 Å². The first kappa shape index (κ1) is 8.83. The Labute approximate surface area is 80.4 Å². The Morgan fingerprint density at radius 2 is 2.23 bits per heavy atom. The first-order valence-corrected chi connectivity index (χ1v) is 5.15. The van der Waals surface area contributed by atoms with Crippen molar-refractivity contribution >= 4 is 17.7 Å². The van der Waals surface area contributed by atoms with Gasteiger partial charge in [-0.1, -0.05) is 11.8 Å². The second-order valence-corrected chi connectivity index (χ2v) is 4.20.